The van der Waals surface area contributed by atoms with Crippen molar-refractivity contribution in [3.8, 4) is 0 Å². The average Bonchev–Trinajstić information content (AvgIpc) is 2.32. The molecule has 102 valence electrons. The summed E-state index contributed by atoms with van der Waals surface area (Å²) in [5, 5.41) is 0.862. The van der Waals surface area contributed by atoms with Crippen molar-refractivity contribution in [3.63, 3.8) is 0 Å². The molecule has 0 aromatic heterocycles. The van der Waals surface area contributed by atoms with Gasteiger partial charge in [0.1, 0.15) is 0 Å². The van der Waals surface area contributed by atoms with E-state index in [-0.39, 0.29) is 0 Å². The van der Waals surface area contributed by atoms with Gasteiger partial charge in [0, 0.05) is 11.6 Å². The molecule has 0 bridgehead atoms. The van der Waals surface area contributed by atoms with Crippen LogP contribution >= 0.6 is 11.6 Å². The molecule has 0 aliphatic rings. The van der Waals surface area contributed by atoms with Crippen molar-refractivity contribution in [2.75, 3.05) is 20.1 Å². The molecular formula is C15H25ClN2. The molecule has 0 aliphatic carbocycles. The highest BCUT2D eigenvalue weighted by atomic mass is 35.5. The Bertz CT molecular complexity index is 341. The zero-order valence-corrected chi connectivity index (χ0v) is 12.3. The minimum absolute atomic E-state index is 0.740. The Balaban J connectivity index is 2.26. The van der Waals surface area contributed by atoms with Crippen molar-refractivity contribution in [1.82, 2.24) is 4.90 Å². The van der Waals surface area contributed by atoms with E-state index in [9.17, 15) is 0 Å². The minimum atomic E-state index is 0.740. The number of nitrogens with two attached hydrogens (primary N) is 1. The first-order valence-electron chi connectivity index (χ1n) is 6.75. The topological polar surface area (TPSA) is 29.3 Å². The summed E-state index contributed by atoms with van der Waals surface area (Å²) >= 11 is 6.15. The van der Waals surface area contributed by atoms with Gasteiger partial charge in [0.15, 0.2) is 0 Å². The predicted octanol–water partition coefficient (Wildman–Crippen LogP) is 3.54. The highest BCUT2D eigenvalue weighted by molar-refractivity contribution is 6.31. The van der Waals surface area contributed by atoms with E-state index in [2.05, 4.69) is 24.9 Å². The van der Waals surface area contributed by atoms with Crippen molar-refractivity contribution in [2.45, 2.75) is 32.7 Å². The molecule has 0 amide bonds. The maximum atomic E-state index is 6.15. The summed E-state index contributed by atoms with van der Waals surface area (Å²) in [7, 11) is 2.15. The fourth-order valence-electron chi connectivity index (χ4n) is 2.13. The van der Waals surface area contributed by atoms with Gasteiger partial charge in [-0.1, -0.05) is 36.7 Å². The van der Waals surface area contributed by atoms with Crippen molar-refractivity contribution in [1.29, 1.82) is 0 Å². The maximum Gasteiger partial charge on any atom is 0.0451 e. The molecule has 0 saturated heterocycles. The van der Waals surface area contributed by atoms with Gasteiger partial charge in [-0.25, -0.2) is 0 Å². The number of rotatable bonds is 8. The van der Waals surface area contributed by atoms with Crippen molar-refractivity contribution >= 4 is 11.6 Å². The molecule has 1 unspecified atom stereocenters. The molecule has 1 aromatic carbocycles. The van der Waals surface area contributed by atoms with Crippen LogP contribution in [0.5, 0.6) is 0 Å². The fourth-order valence-corrected chi connectivity index (χ4v) is 2.33. The van der Waals surface area contributed by atoms with E-state index in [1.165, 1.54) is 18.4 Å². The highest BCUT2D eigenvalue weighted by Gasteiger charge is 2.05. The quantitative estimate of drug-likeness (QED) is 0.781. The Labute approximate surface area is 116 Å². The van der Waals surface area contributed by atoms with Gasteiger partial charge in [-0.3, -0.25) is 0 Å². The first-order chi connectivity index (χ1) is 8.63. The van der Waals surface area contributed by atoms with Gasteiger partial charge in [-0.15, -0.1) is 0 Å². The molecule has 1 aromatic rings. The Kier molecular flexibility index (Phi) is 7.33. The summed E-state index contributed by atoms with van der Waals surface area (Å²) in [4.78, 5) is 2.33. The van der Waals surface area contributed by atoms with Crippen LogP contribution in [0.1, 0.15) is 31.7 Å². The second-order valence-corrected chi connectivity index (χ2v) is 5.56. The van der Waals surface area contributed by atoms with Gasteiger partial charge in [-0.05, 0) is 56.9 Å². The molecule has 18 heavy (non-hydrogen) atoms. The molecule has 0 spiro atoms. The zero-order chi connectivity index (χ0) is 13.4. The van der Waals surface area contributed by atoms with Gasteiger partial charge in [-0.2, -0.15) is 0 Å². The van der Waals surface area contributed by atoms with E-state index in [4.69, 9.17) is 17.3 Å². The van der Waals surface area contributed by atoms with Gasteiger partial charge < -0.3 is 10.6 Å². The average molecular weight is 269 g/mol. The van der Waals surface area contributed by atoms with Crippen molar-refractivity contribution in [2.24, 2.45) is 11.7 Å². The van der Waals surface area contributed by atoms with E-state index in [0.29, 0.717) is 0 Å². The molecule has 0 heterocycles. The number of hydrogen-bond acceptors (Lipinski definition) is 2. The summed E-state index contributed by atoms with van der Waals surface area (Å²) in [5.74, 6) is 0.740. The molecular weight excluding hydrogens is 244 g/mol. The van der Waals surface area contributed by atoms with Gasteiger partial charge >= 0.3 is 0 Å². The largest absolute Gasteiger partial charge is 0.330 e. The Morgan fingerprint density at radius 3 is 2.67 bits per heavy atom. The highest BCUT2D eigenvalue weighted by Crippen LogP contribution is 2.17. The van der Waals surface area contributed by atoms with Crippen LogP contribution in [0, 0.1) is 5.92 Å². The molecule has 1 atom stereocenters. The van der Waals surface area contributed by atoms with E-state index in [1.54, 1.807) is 0 Å². The number of halogens is 1. The summed E-state index contributed by atoms with van der Waals surface area (Å²) in [6.07, 6.45) is 3.61. The van der Waals surface area contributed by atoms with Crippen LogP contribution in [0.15, 0.2) is 24.3 Å². The van der Waals surface area contributed by atoms with Crippen LogP contribution < -0.4 is 5.73 Å². The van der Waals surface area contributed by atoms with E-state index < -0.39 is 0 Å². The lowest BCUT2D eigenvalue weighted by atomic mass is 10.0. The first-order valence-corrected chi connectivity index (χ1v) is 7.13. The molecule has 0 aliphatic heterocycles. The number of hydrogen-bond donors (Lipinski definition) is 1. The van der Waals surface area contributed by atoms with Crippen molar-refractivity contribution < 1.29 is 0 Å². The third-order valence-electron chi connectivity index (χ3n) is 3.29. The standard InChI is InChI=1S/C15H25ClN2/c1-13(9-10-17)6-5-11-18(2)12-14-7-3-4-8-15(14)16/h3-4,7-8,13H,5-6,9-12,17H2,1-2H3. The van der Waals surface area contributed by atoms with E-state index in [1.807, 2.05) is 18.2 Å². The third-order valence-corrected chi connectivity index (χ3v) is 3.66. The minimum Gasteiger partial charge on any atom is -0.330 e. The molecule has 0 fully saturated rings. The summed E-state index contributed by atoms with van der Waals surface area (Å²) < 4.78 is 0. The van der Waals surface area contributed by atoms with Crippen LogP contribution in [-0.2, 0) is 6.54 Å². The van der Waals surface area contributed by atoms with Gasteiger partial charge in [0.05, 0.1) is 0 Å². The smallest absolute Gasteiger partial charge is 0.0451 e. The normalized spacial score (nSPS) is 12.9. The molecule has 0 radical (unpaired) electrons. The second kappa shape index (κ2) is 8.52. The Morgan fingerprint density at radius 1 is 1.28 bits per heavy atom. The molecule has 1 rings (SSSR count). The summed E-state index contributed by atoms with van der Waals surface area (Å²) in [6, 6.07) is 8.06. The molecule has 0 saturated carbocycles. The first kappa shape index (κ1) is 15.5. The van der Waals surface area contributed by atoms with Gasteiger partial charge in [0.25, 0.3) is 0 Å². The molecule has 3 heteroatoms. The zero-order valence-electron chi connectivity index (χ0n) is 11.5. The fraction of sp³-hybridized carbons (Fsp3) is 0.600. The van der Waals surface area contributed by atoms with Crippen LogP contribution in [-0.4, -0.2) is 25.0 Å². The summed E-state index contributed by atoms with van der Waals surface area (Å²) in [5.41, 5.74) is 6.76. The van der Waals surface area contributed by atoms with Crippen molar-refractivity contribution in [3.05, 3.63) is 34.9 Å². The third kappa shape index (κ3) is 5.85. The lowest BCUT2D eigenvalue weighted by Gasteiger charge is -2.18. The summed E-state index contributed by atoms with van der Waals surface area (Å²) in [6.45, 7) is 5.11. The number of benzene rings is 1. The lowest BCUT2D eigenvalue weighted by molar-refractivity contribution is 0.306. The van der Waals surface area contributed by atoms with Crippen LogP contribution in [0.3, 0.4) is 0 Å². The molecule has 2 N–H and O–H groups in total. The lowest BCUT2D eigenvalue weighted by Crippen LogP contribution is -2.20. The predicted molar refractivity (Wildman–Crippen MR) is 79.9 cm³/mol. The number of nitrogens with zero attached hydrogens (tertiary/aromatic N) is 1. The maximum absolute atomic E-state index is 6.15. The Hall–Kier alpha value is -0.570. The van der Waals surface area contributed by atoms with Crippen LogP contribution in [0.25, 0.3) is 0 Å². The van der Waals surface area contributed by atoms with Gasteiger partial charge in [0.2, 0.25) is 0 Å². The van der Waals surface area contributed by atoms with Crippen LogP contribution in [0.2, 0.25) is 5.02 Å². The molecule has 2 nitrogen and oxygen atoms in total. The second-order valence-electron chi connectivity index (χ2n) is 5.15. The SMILES string of the molecule is CC(CCN)CCCN(C)Cc1ccccc1Cl. The van der Waals surface area contributed by atoms with E-state index in [0.717, 1.165) is 37.0 Å². The van der Waals surface area contributed by atoms with Crippen LogP contribution in [0.4, 0.5) is 0 Å². The monoisotopic (exact) mass is 268 g/mol. The van der Waals surface area contributed by atoms with E-state index >= 15 is 0 Å². The Morgan fingerprint density at radius 2 is 2.00 bits per heavy atom.